The van der Waals surface area contributed by atoms with Crippen LogP contribution in [0.5, 0.6) is 0 Å². The molecule has 0 spiro atoms. The first-order valence-electron chi connectivity index (χ1n) is 6.34. The van der Waals surface area contributed by atoms with Crippen LogP contribution in [0, 0.1) is 22.9 Å². The third-order valence-corrected chi connectivity index (χ3v) is 4.28. The molecule has 21 heavy (non-hydrogen) atoms. The molecular weight excluding hydrogens is 303 g/mol. The second kappa shape index (κ2) is 7.43. The van der Waals surface area contributed by atoms with Crippen LogP contribution in [0.4, 0.5) is 10.1 Å². The number of aliphatic hydroxyl groups is 1. The van der Waals surface area contributed by atoms with E-state index in [1.807, 2.05) is 0 Å². The van der Waals surface area contributed by atoms with Crippen molar-refractivity contribution >= 4 is 15.7 Å². The molecular formula is C12H17FN2O5S. The monoisotopic (exact) mass is 320 g/mol. The van der Waals surface area contributed by atoms with Crippen molar-refractivity contribution in [1.29, 1.82) is 0 Å². The Bertz CT molecular complexity index is 618. The lowest BCUT2D eigenvalue weighted by Gasteiger charge is -2.08. The summed E-state index contributed by atoms with van der Waals surface area (Å²) in [5.74, 6) is -1.04. The van der Waals surface area contributed by atoms with Crippen LogP contribution in [-0.4, -0.2) is 31.6 Å². The fraction of sp³-hybridized carbons (Fsp3) is 0.500. The van der Waals surface area contributed by atoms with E-state index >= 15 is 0 Å². The van der Waals surface area contributed by atoms with Gasteiger partial charge in [-0.05, 0) is 37.8 Å². The van der Waals surface area contributed by atoms with E-state index < -0.39 is 26.5 Å². The van der Waals surface area contributed by atoms with Crippen molar-refractivity contribution in [2.24, 2.45) is 0 Å². The van der Waals surface area contributed by atoms with Gasteiger partial charge in [-0.25, -0.2) is 13.1 Å². The Hall–Kier alpha value is -1.58. The van der Waals surface area contributed by atoms with Gasteiger partial charge in [0.15, 0.2) is 0 Å². The van der Waals surface area contributed by atoms with Crippen molar-refractivity contribution in [3.8, 4) is 0 Å². The lowest BCUT2D eigenvalue weighted by Crippen LogP contribution is -2.25. The smallest absolute Gasteiger partial charge is 0.306 e. The van der Waals surface area contributed by atoms with Crippen LogP contribution in [0.25, 0.3) is 0 Å². The minimum atomic E-state index is -3.93. The van der Waals surface area contributed by atoms with Gasteiger partial charge in [0.2, 0.25) is 15.8 Å². The number of hydrogen-bond donors (Lipinski definition) is 2. The molecule has 2 N–H and O–H groups in total. The Morgan fingerprint density at radius 3 is 2.57 bits per heavy atom. The number of rotatable bonds is 8. The summed E-state index contributed by atoms with van der Waals surface area (Å²) in [7, 11) is -3.93. The molecule has 0 aliphatic heterocycles. The van der Waals surface area contributed by atoms with E-state index in [9.17, 15) is 22.9 Å². The molecule has 0 aliphatic rings. The molecule has 0 heterocycles. The van der Waals surface area contributed by atoms with Gasteiger partial charge in [0, 0.05) is 19.2 Å². The molecule has 118 valence electrons. The van der Waals surface area contributed by atoms with Crippen molar-refractivity contribution in [3.63, 3.8) is 0 Å². The SMILES string of the molecule is Cc1cc(S(=O)(=O)NCCCCCO)cc([N+](=O)[O-])c1F. The normalized spacial score (nSPS) is 11.6. The number of nitrogens with one attached hydrogen (secondary N) is 1. The van der Waals surface area contributed by atoms with Crippen LogP contribution in [0.15, 0.2) is 17.0 Å². The maximum atomic E-state index is 13.5. The van der Waals surface area contributed by atoms with Gasteiger partial charge in [0.25, 0.3) is 0 Å². The first kappa shape index (κ1) is 17.5. The van der Waals surface area contributed by atoms with Gasteiger partial charge in [-0.15, -0.1) is 0 Å². The first-order valence-corrected chi connectivity index (χ1v) is 7.83. The maximum absolute atomic E-state index is 13.5. The third kappa shape index (κ3) is 4.73. The summed E-state index contributed by atoms with van der Waals surface area (Å²) in [6, 6.07) is 1.76. The van der Waals surface area contributed by atoms with E-state index in [2.05, 4.69) is 4.72 Å². The molecule has 0 bridgehead atoms. The molecule has 0 saturated heterocycles. The predicted molar refractivity (Wildman–Crippen MR) is 73.9 cm³/mol. The fourth-order valence-corrected chi connectivity index (χ4v) is 2.89. The number of hydrogen-bond acceptors (Lipinski definition) is 5. The lowest BCUT2D eigenvalue weighted by atomic mass is 10.2. The van der Waals surface area contributed by atoms with Gasteiger partial charge < -0.3 is 5.11 Å². The van der Waals surface area contributed by atoms with Gasteiger partial charge in [-0.1, -0.05) is 0 Å². The molecule has 0 fully saturated rings. The number of sulfonamides is 1. The van der Waals surface area contributed by atoms with Gasteiger partial charge in [0.05, 0.1) is 9.82 Å². The quantitative estimate of drug-likeness (QED) is 0.428. The van der Waals surface area contributed by atoms with Crippen LogP contribution >= 0.6 is 0 Å². The van der Waals surface area contributed by atoms with E-state index in [4.69, 9.17) is 5.11 Å². The molecule has 1 aromatic rings. The zero-order valence-electron chi connectivity index (χ0n) is 11.5. The minimum Gasteiger partial charge on any atom is -0.396 e. The number of aliphatic hydroxyl groups excluding tert-OH is 1. The maximum Gasteiger partial charge on any atom is 0.306 e. The van der Waals surface area contributed by atoms with Crippen molar-refractivity contribution in [1.82, 2.24) is 4.72 Å². The van der Waals surface area contributed by atoms with E-state index in [-0.39, 0.29) is 23.6 Å². The van der Waals surface area contributed by atoms with Gasteiger partial charge in [-0.3, -0.25) is 10.1 Å². The number of nitro groups is 1. The largest absolute Gasteiger partial charge is 0.396 e. The highest BCUT2D eigenvalue weighted by Crippen LogP contribution is 2.24. The first-order chi connectivity index (χ1) is 9.79. The Morgan fingerprint density at radius 2 is 2.00 bits per heavy atom. The molecule has 0 aromatic heterocycles. The summed E-state index contributed by atoms with van der Waals surface area (Å²) in [4.78, 5) is 9.42. The van der Waals surface area contributed by atoms with Crippen LogP contribution in [-0.2, 0) is 10.0 Å². The summed E-state index contributed by atoms with van der Waals surface area (Å²) >= 11 is 0. The summed E-state index contributed by atoms with van der Waals surface area (Å²) in [5, 5.41) is 19.3. The average molecular weight is 320 g/mol. The van der Waals surface area contributed by atoms with Crippen LogP contribution in [0.1, 0.15) is 24.8 Å². The topological polar surface area (TPSA) is 110 Å². The summed E-state index contributed by atoms with van der Waals surface area (Å²) in [6.07, 6.45) is 1.76. The van der Waals surface area contributed by atoms with Gasteiger partial charge in [0.1, 0.15) is 0 Å². The van der Waals surface area contributed by atoms with Crippen LogP contribution < -0.4 is 4.72 Å². The highest BCUT2D eigenvalue weighted by molar-refractivity contribution is 7.89. The Labute approximate surface area is 122 Å². The zero-order chi connectivity index (χ0) is 16.0. The Morgan fingerprint density at radius 1 is 1.33 bits per heavy atom. The van der Waals surface area contributed by atoms with Crippen LogP contribution in [0.3, 0.4) is 0 Å². The number of halogens is 1. The molecule has 7 nitrogen and oxygen atoms in total. The summed E-state index contributed by atoms with van der Waals surface area (Å²) < 4.78 is 39.8. The number of benzene rings is 1. The second-order valence-electron chi connectivity index (χ2n) is 4.51. The number of unbranched alkanes of at least 4 members (excludes halogenated alkanes) is 2. The van der Waals surface area contributed by atoms with Crippen molar-refractivity contribution in [2.75, 3.05) is 13.2 Å². The third-order valence-electron chi connectivity index (χ3n) is 2.84. The van der Waals surface area contributed by atoms with E-state index in [0.717, 1.165) is 6.07 Å². The van der Waals surface area contributed by atoms with Crippen molar-refractivity contribution in [2.45, 2.75) is 31.1 Å². The minimum absolute atomic E-state index is 0.0378. The number of nitrogens with zero attached hydrogens (tertiary/aromatic N) is 1. The van der Waals surface area contributed by atoms with E-state index in [1.165, 1.54) is 6.92 Å². The highest BCUT2D eigenvalue weighted by Gasteiger charge is 2.23. The fourth-order valence-electron chi connectivity index (χ4n) is 1.71. The average Bonchev–Trinajstić information content (AvgIpc) is 2.40. The van der Waals surface area contributed by atoms with E-state index in [0.29, 0.717) is 25.3 Å². The van der Waals surface area contributed by atoms with Crippen molar-refractivity contribution < 1.29 is 22.8 Å². The molecule has 1 aromatic carbocycles. The molecule has 9 heteroatoms. The molecule has 0 atom stereocenters. The molecule has 0 radical (unpaired) electrons. The van der Waals surface area contributed by atoms with Gasteiger partial charge in [-0.2, -0.15) is 4.39 Å². The van der Waals surface area contributed by atoms with Crippen molar-refractivity contribution in [3.05, 3.63) is 33.6 Å². The molecule has 0 aliphatic carbocycles. The predicted octanol–water partition coefficient (Wildman–Crippen LogP) is 1.48. The number of aryl methyl sites for hydroxylation is 1. The molecule has 0 saturated carbocycles. The molecule has 1 rings (SSSR count). The van der Waals surface area contributed by atoms with E-state index in [1.54, 1.807) is 0 Å². The molecule has 0 amide bonds. The number of nitro benzene ring substituents is 1. The molecule has 0 unspecified atom stereocenters. The highest BCUT2D eigenvalue weighted by atomic mass is 32.2. The lowest BCUT2D eigenvalue weighted by molar-refractivity contribution is -0.387. The summed E-state index contributed by atoms with van der Waals surface area (Å²) in [6.45, 7) is 1.45. The Balaban J connectivity index is 2.91. The summed E-state index contributed by atoms with van der Waals surface area (Å²) in [5.41, 5.74) is -0.972. The second-order valence-corrected chi connectivity index (χ2v) is 6.28. The Kier molecular flexibility index (Phi) is 6.19. The standard InChI is InChI=1S/C12H17FN2O5S/c1-9-7-10(8-11(12(9)13)15(17)18)21(19,20)14-5-3-2-4-6-16/h7-8,14,16H,2-6H2,1H3. The zero-order valence-corrected chi connectivity index (χ0v) is 12.3. The van der Waals surface area contributed by atoms with Gasteiger partial charge >= 0.3 is 5.69 Å². The van der Waals surface area contributed by atoms with Crippen LogP contribution in [0.2, 0.25) is 0 Å².